The van der Waals surface area contributed by atoms with Gasteiger partial charge in [0.1, 0.15) is 0 Å². The summed E-state index contributed by atoms with van der Waals surface area (Å²) in [6, 6.07) is 7.48. The second kappa shape index (κ2) is 9.83. The van der Waals surface area contributed by atoms with Gasteiger partial charge in [0.25, 0.3) is 0 Å². The quantitative estimate of drug-likeness (QED) is 0.310. The monoisotopic (exact) mass is 401 g/mol. The van der Waals surface area contributed by atoms with E-state index in [1.807, 2.05) is 31.2 Å². The van der Waals surface area contributed by atoms with Gasteiger partial charge in [-0.15, -0.1) is 0 Å². The minimum absolute atomic E-state index is 0.126. The highest BCUT2D eigenvalue weighted by Gasteiger charge is 2.54. The maximum atomic E-state index is 13.0. The molecule has 0 unspecified atom stereocenters. The molecule has 1 fully saturated rings. The molecular weight excluding hydrogens is 370 g/mol. The van der Waals surface area contributed by atoms with E-state index in [-0.39, 0.29) is 18.3 Å². The Morgan fingerprint density at radius 1 is 1.28 bits per heavy atom. The number of esters is 1. The SMILES string of the molecule is C=C1C(=O)[C@](C)(C(=O)OCCCC)[C@H](CCc2ccc(NC(C)=O)cc2)O[C@@H]1C. The summed E-state index contributed by atoms with van der Waals surface area (Å²) in [6.07, 6.45) is 1.72. The molecule has 1 N–H and O–H groups in total. The van der Waals surface area contributed by atoms with Gasteiger partial charge in [0.2, 0.25) is 5.91 Å². The topological polar surface area (TPSA) is 81.7 Å². The van der Waals surface area contributed by atoms with Crippen LogP contribution in [0.15, 0.2) is 36.4 Å². The Hall–Kier alpha value is -2.47. The van der Waals surface area contributed by atoms with Crippen molar-refractivity contribution < 1.29 is 23.9 Å². The van der Waals surface area contributed by atoms with E-state index in [0.717, 1.165) is 24.1 Å². The Labute approximate surface area is 172 Å². The highest BCUT2D eigenvalue weighted by atomic mass is 16.5. The van der Waals surface area contributed by atoms with Crippen molar-refractivity contribution in [3.8, 4) is 0 Å². The molecule has 6 nitrogen and oxygen atoms in total. The fraction of sp³-hybridized carbons (Fsp3) is 0.522. The molecule has 1 heterocycles. The molecule has 1 aromatic carbocycles. The Morgan fingerprint density at radius 3 is 2.52 bits per heavy atom. The van der Waals surface area contributed by atoms with Gasteiger partial charge in [0.15, 0.2) is 11.2 Å². The predicted molar refractivity (Wildman–Crippen MR) is 112 cm³/mol. The van der Waals surface area contributed by atoms with Crippen molar-refractivity contribution in [3.63, 3.8) is 0 Å². The lowest BCUT2D eigenvalue weighted by atomic mass is 9.72. The average molecular weight is 402 g/mol. The predicted octanol–water partition coefficient (Wildman–Crippen LogP) is 3.84. The zero-order valence-electron chi connectivity index (χ0n) is 17.7. The summed E-state index contributed by atoms with van der Waals surface area (Å²) in [5.41, 5.74) is 0.650. The lowest BCUT2D eigenvalue weighted by Crippen LogP contribution is -2.55. The van der Waals surface area contributed by atoms with Gasteiger partial charge in [0, 0.05) is 18.2 Å². The van der Waals surface area contributed by atoms with E-state index in [2.05, 4.69) is 11.9 Å². The maximum Gasteiger partial charge on any atom is 0.322 e. The number of hydrogen-bond acceptors (Lipinski definition) is 5. The molecule has 1 amide bonds. The highest BCUT2D eigenvalue weighted by molar-refractivity contribution is 6.13. The Kier molecular flexibility index (Phi) is 7.73. The number of unbranched alkanes of at least 4 members (excludes halogenated alkanes) is 1. The van der Waals surface area contributed by atoms with E-state index in [0.29, 0.717) is 18.4 Å². The zero-order valence-corrected chi connectivity index (χ0v) is 17.7. The first-order chi connectivity index (χ1) is 13.7. The number of hydrogen-bond donors (Lipinski definition) is 1. The third-order valence-corrected chi connectivity index (χ3v) is 5.39. The van der Waals surface area contributed by atoms with Gasteiger partial charge in [-0.2, -0.15) is 0 Å². The number of carbonyl (C=O) groups excluding carboxylic acids is 3. The number of ether oxygens (including phenoxy) is 2. The number of ketones is 1. The molecule has 2 rings (SSSR count). The van der Waals surface area contributed by atoms with E-state index >= 15 is 0 Å². The van der Waals surface area contributed by atoms with Crippen LogP contribution in [0.25, 0.3) is 0 Å². The number of aryl methyl sites for hydroxylation is 1. The van der Waals surface area contributed by atoms with Crippen LogP contribution in [-0.4, -0.2) is 36.5 Å². The van der Waals surface area contributed by atoms with Crippen molar-refractivity contribution in [2.45, 2.75) is 65.6 Å². The Morgan fingerprint density at radius 2 is 1.93 bits per heavy atom. The molecule has 3 atom stereocenters. The Balaban J connectivity index is 2.14. The average Bonchev–Trinajstić information content (AvgIpc) is 2.69. The number of carbonyl (C=O) groups is 3. The first-order valence-electron chi connectivity index (χ1n) is 10.1. The molecular formula is C23H31NO5. The molecule has 0 aromatic heterocycles. The minimum atomic E-state index is -1.40. The van der Waals surface area contributed by atoms with Gasteiger partial charge in [-0.1, -0.05) is 32.1 Å². The minimum Gasteiger partial charge on any atom is -0.465 e. The fourth-order valence-electron chi connectivity index (χ4n) is 3.42. The van der Waals surface area contributed by atoms with Crippen LogP contribution >= 0.6 is 0 Å². The third kappa shape index (κ3) is 5.32. The van der Waals surface area contributed by atoms with E-state index < -0.39 is 23.6 Å². The summed E-state index contributed by atoms with van der Waals surface area (Å²) in [5, 5.41) is 2.73. The van der Waals surface area contributed by atoms with E-state index in [1.165, 1.54) is 6.92 Å². The summed E-state index contributed by atoms with van der Waals surface area (Å²) in [4.78, 5) is 36.9. The molecule has 158 valence electrons. The van der Waals surface area contributed by atoms with Crippen LogP contribution in [0.2, 0.25) is 0 Å². The summed E-state index contributed by atoms with van der Waals surface area (Å²) >= 11 is 0. The van der Waals surface area contributed by atoms with Crippen LogP contribution in [0.3, 0.4) is 0 Å². The number of nitrogens with one attached hydrogen (secondary N) is 1. The molecule has 0 radical (unpaired) electrons. The van der Waals surface area contributed by atoms with Gasteiger partial charge in [-0.05, 0) is 50.8 Å². The molecule has 0 bridgehead atoms. The van der Waals surface area contributed by atoms with Crippen LogP contribution in [0, 0.1) is 5.41 Å². The van der Waals surface area contributed by atoms with Crippen LogP contribution in [0.5, 0.6) is 0 Å². The van der Waals surface area contributed by atoms with Crippen molar-refractivity contribution in [1.29, 1.82) is 0 Å². The number of rotatable bonds is 8. The maximum absolute atomic E-state index is 13.0. The molecule has 1 aliphatic heterocycles. The van der Waals surface area contributed by atoms with Gasteiger partial charge in [-0.3, -0.25) is 14.4 Å². The van der Waals surface area contributed by atoms with E-state index in [9.17, 15) is 14.4 Å². The van der Waals surface area contributed by atoms with Gasteiger partial charge in [-0.25, -0.2) is 0 Å². The van der Waals surface area contributed by atoms with Gasteiger partial charge < -0.3 is 14.8 Å². The van der Waals surface area contributed by atoms with Crippen LogP contribution in [-0.2, 0) is 30.3 Å². The van der Waals surface area contributed by atoms with E-state index in [1.54, 1.807) is 13.8 Å². The standard InChI is InChI=1S/C23H31NO5/c1-6-7-14-28-22(27)23(5)20(29-16(3)15(2)21(23)26)13-10-18-8-11-19(12-9-18)24-17(4)25/h8-9,11-12,16,20H,2,6-7,10,13-14H2,1,3-5H3,(H,24,25)/t16-,20+,23-/m1/s1. The van der Waals surface area contributed by atoms with Crippen LogP contribution < -0.4 is 5.32 Å². The lowest BCUT2D eigenvalue weighted by Gasteiger charge is -2.41. The van der Waals surface area contributed by atoms with Crippen LogP contribution in [0.1, 0.15) is 52.5 Å². The molecule has 1 aliphatic rings. The van der Waals surface area contributed by atoms with Gasteiger partial charge in [0.05, 0.1) is 18.8 Å². The van der Waals surface area contributed by atoms with Crippen molar-refractivity contribution in [3.05, 3.63) is 42.0 Å². The normalized spacial score (nSPS) is 24.3. The number of amides is 1. The summed E-state index contributed by atoms with van der Waals surface area (Å²) in [5.74, 6) is -0.975. The van der Waals surface area contributed by atoms with Crippen molar-refractivity contribution in [1.82, 2.24) is 0 Å². The number of benzene rings is 1. The summed E-state index contributed by atoms with van der Waals surface area (Å²) in [7, 11) is 0. The lowest BCUT2D eigenvalue weighted by molar-refractivity contribution is -0.177. The van der Waals surface area contributed by atoms with Gasteiger partial charge >= 0.3 is 5.97 Å². The Bertz CT molecular complexity index is 770. The van der Waals surface area contributed by atoms with E-state index in [4.69, 9.17) is 9.47 Å². The first-order valence-corrected chi connectivity index (χ1v) is 10.1. The molecule has 0 aliphatic carbocycles. The molecule has 29 heavy (non-hydrogen) atoms. The second-order valence-electron chi connectivity index (χ2n) is 7.73. The van der Waals surface area contributed by atoms with Crippen molar-refractivity contribution in [2.24, 2.45) is 5.41 Å². The molecule has 0 spiro atoms. The first kappa shape index (κ1) is 22.8. The third-order valence-electron chi connectivity index (χ3n) is 5.39. The number of Topliss-reactive ketones (excluding diaryl/α,β-unsaturated/α-hetero) is 1. The zero-order chi connectivity index (χ0) is 21.6. The smallest absolute Gasteiger partial charge is 0.322 e. The molecule has 0 saturated carbocycles. The fourth-order valence-corrected chi connectivity index (χ4v) is 3.42. The highest BCUT2D eigenvalue weighted by Crippen LogP contribution is 2.39. The summed E-state index contributed by atoms with van der Waals surface area (Å²) < 4.78 is 11.4. The molecule has 1 aromatic rings. The summed E-state index contributed by atoms with van der Waals surface area (Å²) in [6.45, 7) is 11.0. The van der Waals surface area contributed by atoms with Crippen molar-refractivity contribution >= 4 is 23.3 Å². The largest absolute Gasteiger partial charge is 0.465 e. The van der Waals surface area contributed by atoms with Crippen molar-refractivity contribution in [2.75, 3.05) is 11.9 Å². The van der Waals surface area contributed by atoms with Crippen LogP contribution in [0.4, 0.5) is 5.69 Å². The molecule has 1 saturated heterocycles. The number of anilines is 1. The second-order valence-corrected chi connectivity index (χ2v) is 7.73. The molecule has 6 heteroatoms.